The van der Waals surface area contributed by atoms with Crippen molar-refractivity contribution in [2.45, 2.75) is 31.5 Å². The fourth-order valence-corrected chi connectivity index (χ4v) is 3.99. The van der Waals surface area contributed by atoms with E-state index in [1.54, 1.807) is 12.4 Å². The summed E-state index contributed by atoms with van der Waals surface area (Å²) < 4.78 is 25.1. The first-order valence-corrected chi connectivity index (χ1v) is 10.4. The maximum Gasteiger partial charge on any atom is 0.124 e. The van der Waals surface area contributed by atoms with E-state index in [0.29, 0.717) is 31.4 Å². The third-order valence-corrected chi connectivity index (χ3v) is 5.74. The fraction of sp³-hybridized carbons (Fsp3) is 0.292. The quantitative estimate of drug-likeness (QED) is 0.560. The highest BCUT2D eigenvalue weighted by Gasteiger charge is 2.34. The van der Waals surface area contributed by atoms with E-state index in [9.17, 15) is 4.39 Å². The molecule has 30 heavy (non-hydrogen) atoms. The van der Waals surface area contributed by atoms with Crippen molar-refractivity contribution >= 4 is 11.6 Å². The molecule has 0 saturated carbocycles. The summed E-state index contributed by atoms with van der Waals surface area (Å²) >= 11 is 6.27. The van der Waals surface area contributed by atoms with Crippen molar-refractivity contribution in [1.29, 1.82) is 0 Å². The molecule has 0 amide bonds. The number of nitrogens with one attached hydrogen (secondary N) is 1. The average Bonchev–Trinajstić information content (AvgIpc) is 2.79. The van der Waals surface area contributed by atoms with Crippen LogP contribution in [0.5, 0.6) is 5.75 Å². The van der Waals surface area contributed by atoms with Crippen molar-refractivity contribution in [3.8, 4) is 5.75 Å². The van der Waals surface area contributed by atoms with E-state index in [-0.39, 0.29) is 11.4 Å². The van der Waals surface area contributed by atoms with Gasteiger partial charge in [0.05, 0.1) is 0 Å². The Labute approximate surface area is 181 Å². The summed E-state index contributed by atoms with van der Waals surface area (Å²) in [5, 5.41) is 4.36. The van der Waals surface area contributed by atoms with E-state index in [4.69, 9.17) is 21.1 Å². The lowest BCUT2D eigenvalue weighted by Gasteiger charge is -2.39. The van der Waals surface area contributed by atoms with Crippen LogP contribution in [0.25, 0.3) is 0 Å². The Hall–Kier alpha value is -2.47. The standard InChI is InChI=1S/C24H24ClFN2O2/c25-21-5-8-23(30-17-18-2-1-11-27-15-18)19(14-21)16-28-24(9-12-29-13-10-24)20-3-6-22(26)7-4-20/h1-8,11,14-15,28H,9-10,12-13,16-17H2. The Morgan fingerprint density at radius 1 is 1.10 bits per heavy atom. The van der Waals surface area contributed by atoms with Gasteiger partial charge >= 0.3 is 0 Å². The zero-order chi connectivity index (χ0) is 20.8. The minimum Gasteiger partial charge on any atom is -0.489 e. The highest BCUT2D eigenvalue weighted by molar-refractivity contribution is 6.30. The summed E-state index contributed by atoms with van der Waals surface area (Å²) in [5.41, 5.74) is 2.75. The van der Waals surface area contributed by atoms with Gasteiger partial charge in [-0.2, -0.15) is 0 Å². The second-order valence-corrected chi connectivity index (χ2v) is 7.89. The number of rotatable bonds is 7. The molecule has 2 heterocycles. The number of ether oxygens (including phenoxy) is 2. The van der Waals surface area contributed by atoms with Crippen LogP contribution in [0.3, 0.4) is 0 Å². The van der Waals surface area contributed by atoms with Gasteiger partial charge in [0.1, 0.15) is 18.2 Å². The summed E-state index contributed by atoms with van der Waals surface area (Å²) in [5.74, 6) is 0.541. The van der Waals surface area contributed by atoms with Gasteiger partial charge in [-0.1, -0.05) is 29.8 Å². The first-order valence-electron chi connectivity index (χ1n) is 10.0. The second kappa shape index (κ2) is 9.56. The number of hydrogen-bond donors (Lipinski definition) is 1. The van der Waals surface area contributed by atoms with Crippen molar-refractivity contribution in [2.75, 3.05) is 13.2 Å². The molecule has 1 aliphatic heterocycles. The van der Waals surface area contributed by atoms with Gasteiger partial charge in [0.15, 0.2) is 0 Å². The normalized spacial score (nSPS) is 15.7. The lowest BCUT2D eigenvalue weighted by atomic mass is 9.82. The lowest BCUT2D eigenvalue weighted by molar-refractivity contribution is 0.0356. The molecular formula is C24H24ClFN2O2. The Bertz CT molecular complexity index is 961. The number of hydrogen-bond acceptors (Lipinski definition) is 4. The Morgan fingerprint density at radius 2 is 1.90 bits per heavy atom. The Balaban J connectivity index is 1.53. The monoisotopic (exact) mass is 426 g/mol. The maximum absolute atomic E-state index is 13.5. The van der Waals surface area contributed by atoms with E-state index in [2.05, 4.69) is 10.3 Å². The molecule has 0 unspecified atom stereocenters. The van der Waals surface area contributed by atoms with E-state index in [0.717, 1.165) is 35.3 Å². The first-order chi connectivity index (χ1) is 14.6. The van der Waals surface area contributed by atoms with Crippen LogP contribution in [-0.2, 0) is 23.4 Å². The largest absolute Gasteiger partial charge is 0.489 e. The van der Waals surface area contributed by atoms with Crippen LogP contribution in [0.15, 0.2) is 67.0 Å². The van der Waals surface area contributed by atoms with Crippen molar-refractivity contribution in [2.24, 2.45) is 0 Å². The van der Waals surface area contributed by atoms with Crippen molar-refractivity contribution in [3.63, 3.8) is 0 Å². The van der Waals surface area contributed by atoms with Crippen LogP contribution in [0.4, 0.5) is 4.39 Å². The lowest BCUT2D eigenvalue weighted by Crippen LogP contribution is -2.46. The van der Waals surface area contributed by atoms with Gasteiger partial charge in [-0.3, -0.25) is 4.98 Å². The molecule has 1 N–H and O–H groups in total. The van der Waals surface area contributed by atoms with E-state index in [1.807, 2.05) is 42.5 Å². The smallest absolute Gasteiger partial charge is 0.124 e. The van der Waals surface area contributed by atoms with Gasteiger partial charge in [0, 0.05) is 53.8 Å². The van der Waals surface area contributed by atoms with Crippen molar-refractivity contribution < 1.29 is 13.9 Å². The zero-order valence-corrected chi connectivity index (χ0v) is 17.4. The third kappa shape index (κ3) is 4.98. The molecule has 1 aliphatic rings. The number of aromatic nitrogens is 1. The summed E-state index contributed by atoms with van der Waals surface area (Å²) in [6, 6.07) is 16.2. The van der Waals surface area contributed by atoms with Crippen LogP contribution in [-0.4, -0.2) is 18.2 Å². The van der Waals surface area contributed by atoms with Gasteiger partial charge in [-0.15, -0.1) is 0 Å². The molecule has 1 aromatic heterocycles. The number of pyridine rings is 1. The molecule has 6 heteroatoms. The molecule has 0 radical (unpaired) electrons. The highest BCUT2D eigenvalue weighted by Crippen LogP contribution is 2.34. The predicted octanol–water partition coefficient (Wildman–Crippen LogP) is 5.25. The second-order valence-electron chi connectivity index (χ2n) is 7.46. The van der Waals surface area contributed by atoms with Gasteiger partial charge in [-0.05, 0) is 54.8 Å². The third-order valence-electron chi connectivity index (χ3n) is 5.50. The summed E-state index contributed by atoms with van der Waals surface area (Å²) in [6.07, 6.45) is 5.15. The van der Waals surface area contributed by atoms with E-state index in [1.165, 1.54) is 12.1 Å². The topological polar surface area (TPSA) is 43.4 Å². The minimum atomic E-state index is -0.283. The minimum absolute atomic E-state index is 0.234. The van der Waals surface area contributed by atoms with Gasteiger partial charge < -0.3 is 14.8 Å². The first kappa shape index (κ1) is 20.8. The molecule has 3 aromatic rings. The van der Waals surface area contributed by atoms with E-state index >= 15 is 0 Å². The van der Waals surface area contributed by atoms with Crippen LogP contribution < -0.4 is 10.1 Å². The van der Waals surface area contributed by atoms with Crippen LogP contribution in [0, 0.1) is 5.82 Å². The van der Waals surface area contributed by atoms with Crippen LogP contribution in [0.1, 0.15) is 29.5 Å². The number of benzene rings is 2. The summed E-state index contributed by atoms with van der Waals surface area (Å²) in [6.45, 7) is 2.31. The molecular weight excluding hydrogens is 403 g/mol. The molecule has 1 fully saturated rings. The zero-order valence-electron chi connectivity index (χ0n) is 16.6. The van der Waals surface area contributed by atoms with Gasteiger partial charge in [0.25, 0.3) is 0 Å². The molecule has 156 valence electrons. The molecule has 1 saturated heterocycles. The van der Waals surface area contributed by atoms with Gasteiger partial charge in [0.2, 0.25) is 0 Å². The molecule has 0 spiro atoms. The molecule has 4 rings (SSSR count). The fourth-order valence-electron chi connectivity index (χ4n) is 3.79. The molecule has 0 aliphatic carbocycles. The maximum atomic E-state index is 13.5. The van der Waals surface area contributed by atoms with E-state index < -0.39 is 0 Å². The van der Waals surface area contributed by atoms with Crippen LogP contribution >= 0.6 is 11.6 Å². The molecule has 0 bridgehead atoms. The molecule has 4 nitrogen and oxygen atoms in total. The Kier molecular flexibility index (Phi) is 6.62. The van der Waals surface area contributed by atoms with Crippen molar-refractivity contribution in [3.05, 3.63) is 94.5 Å². The summed E-state index contributed by atoms with van der Waals surface area (Å²) in [7, 11) is 0. The summed E-state index contributed by atoms with van der Waals surface area (Å²) in [4.78, 5) is 4.13. The van der Waals surface area contributed by atoms with Crippen LogP contribution in [0.2, 0.25) is 5.02 Å². The molecule has 2 aromatic carbocycles. The van der Waals surface area contributed by atoms with Gasteiger partial charge in [-0.25, -0.2) is 4.39 Å². The SMILES string of the molecule is Fc1ccc(C2(NCc3cc(Cl)ccc3OCc3cccnc3)CCOCC2)cc1. The molecule has 0 atom stereocenters. The van der Waals surface area contributed by atoms with Crippen molar-refractivity contribution in [1.82, 2.24) is 10.3 Å². The average molecular weight is 427 g/mol. The highest BCUT2D eigenvalue weighted by atomic mass is 35.5. The predicted molar refractivity (Wildman–Crippen MR) is 115 cm³/mol. The number of nitrogens with zero attached hydrogens (tertiary/aromatic N) is 1. The number of halogens is 2. The Morgan fingerprint density at radius 3 is 2.63 bits per heavy atom.